The Labute approximate surface area is 143 Å². The topological polar surface area (TPSA) is 91.6 Å². The molecule has 0 unspecified atom stereocenters. The summed E-state index contributed by atoms with van der Waals surface area (Å²) in [6.45, 7) is 4.20. The van der Waals surface area contributed by atoms with Gasteiger partial charge in [0.05, 0.1) is 18.0 Å². The highest BCUT2D eigenvalue weighted by Crippen LogP contribution is 2.23. The minimum atomic E-state index is -0.325. The number of hydrogen-bond donors (Lipinski definition) is 1. The summed E-state index contributed by atoms with van der Waals surface area (Å²) in [5, 5.41) is 12.7. The Morgan fingerprint density at radius 2 is 2.38 bits per heavy atom. The van der Waals surface area contributed by atoms with Gasteiger partial charge in [0.25, 0.3) is 5.89 Å². The fourth-order valence-electron chi connectivity index (χ4n) is 2.53. The van der Waals surface area contributed by atoms with Gasteiger partial charge in [0, 0.05) is 13.1 Å². The van der Waals surface area contributed by atoms with Crippen molar-refractivity contribution in [3.8, 4) is 10.8 Å². The second-order valence-corrected chi connectivity index (χ2v) is 6.41. The summed E-state index contributed by atoms with van der Waals surface area (Å²) < 4.78 is 5.68. The number of urea groups is 1. The van der Waals surface area contributed by atoms with Gasteiger partial charge < -0.3 is 9.73 Å². The Kier molecular flexibility index (Phi) is 5.21. The summed E-state index contributed by atoms with van der Waals surface area (Å²) in [6.07, 6.45) is 0.880. The predicted octanol–water partition coefficient (Wildman–Crippen LogP) is 1.56. The summed E-state index contributed by atoms with van der Waals surface area (Å²) in [5.41, 5.74) is 0. The Balaban J connectivity index is 1.63. The van der Waals surface area contributed by atoms with Crippen molar-refractivity contribution in [2.75, 3.05) is 26.2 Å². The first kappa shape index (κ1) is 16.6. The zero-order valence-corrected chi connectivity index (χ0v) is 14.2. The third-order valence-electron chi connectivity index (χ3n) is 3.61. The van der Waals surface area contributed by atoms with Gasteiger partial charge in [-0.3, -0.25) is 14.6 Å². The first-order valence-corrected chi connectivity index (χ1v) is 8.72. The van der Waals surface area contributed by atoms with E-state index in [1.807, 2.05) is 29.3 Å². The molecule has 1 aliphatic rings. The van der Waals surface area contributed by atoms with E-state index in [1.165, 1.54) is 16.2 Å². The van der Waals surface area contributed by atoms with Gasteiger partial charge in [-0.25, -0.2) is 4.79 Å². The molecule has 0 aromatic carbocycles. The van der Waals surface area contributed by atoms with Crippen LogP contribution in [0.15, 0.2) is 21.9 Å². The van der Waals surface area contributed by atoms with Crippen molar-refractivity contribution < 1.29 is 14.0 Å². The summed E-state index contributed by atoms with van der Waals surface area (Å²) >= 11 is 1.53. The van der Waals surface area contributed by atoms with Gasteiger partial charge >= 0.3 is 6.03 Å². The molecule has 1 N–H and O–H groups in total. The van der Waals surface area contributed by atoms with Crippen molar-refractivity contribution in [1.29, 1.82) is 0 Å². The molecule has 9 heteroatoms. The lowest BCUT2D eigenvalue weighted by molar-refractivity contribution is -0.129. The van der Waals surface area contributed by atoms with E-state index in [-0.39, 0.29) is 18.5 Å². The summed E-state index contributed by atoms with van der Waals surface area (Å²) in [6, 6.07) is 3.52. The van der Waals surface area contributed by atoms with Gasteiger partial charge in [-0.1, -0.05) is 13.0 Å². The fraction of sp³-hybridized carbons (Fsp3) is 0.467. The Bertz CT molecular complexity index is 700. The average Bonchev–Trinajstić information content (AvgIpc) is 3.27. The van der Waals surface area contributed by atoms with Crippen LogP contribution in [-0.4, -0.2) is 58.1 Å². The third kappa shape index (κ3) is 3.80. The van der Waals surface area contributed by atoms with Crippen molar-refractivity contribution in [2.45, 2.75) is 19.9 Å². The molecule has 0 atom stereocenters. The molecular formula is C15H19N5O3S. The van der Waals surface area contributed by atoms with Crippen LogP contribution in [0.2, 0.25) is 0 Å². The number of hydrogen-bond acceptors (Lipinski definition) is 7. The molecule has 0 spiro atoms. The molecule has 0 bridgehead atoms. The molecule has 1 fully saturated rings. The van der Waals surface area contributed by atoms with Crippen LogP contribution in [0.5, 0.6) is 0 Å². The van der Waals surface area contributed by atoms with Gasteiger partial charge in [0.1, 0.15) is 0 Å². The van der Waals surface area contributed by atoms with Crippen molar-refractivity contribution in [3.05, 3.63) is 23.4 Å². The molecule has 24 heavy (non-hydrogen) atoms. The number of nitrogens with one attached hydrogen (secondary N) is 1. The van der Waals surface area contributed by atoms with Crippen molar-refractivity contribution in [1.82, 2.24) is 25.3 Å². The Hall–Kier alpha value is -2.26. The highest BCUT2D eigenvalue weighted by molar-refractivity contribution is 7.13. The number of carbonyl (C=O) groups excluding carboxylic acids is 2. The standard InChI is InChI=1S/C15H19N5O3S/c1-2-6-19(10-13(21)20-7-5-16-15(20)22)9-12-17-18-14(23-12)11-4-3-8-24-11/h3-4,8H,2,5-7,9-10H2,1H3,(H,16,22). The molecule has 0 saturated carbocycles. The van der Waals surface area contributed by atoms with Crippen molar-refractivity contribution in [2.24, 2.45) is 0 Å². The molecule has 3 rings (SSSR count). The predicted molar refractivity (Wildman–Crippen MR) is 88.3 cm³/mol. The summed E-state index contributed by atoms with van der Waals surface area (Å²) in [7, 11) is 0. The van der Waals surface area contributed by atoms with Crippen molar-refractivity contribution in [3.63, 3.8) is 0 Å². The molecule has 2 aromatic heterocycles. The van der Waals surface area contributed by atoms with Gasteiger partial charge in [-0.15, -0.1) is 21.5 Å². The highest BCUT2D eigenvalue weighted by atomic mass is 32.1. The minimum absolute atomic E-state index is 0.151. The van der Waals surface area contributed by atoms with Crippen molar-refractivity contribution >= 4 is 23.3 Å². The van der Waals surface area contributed by atoms with Crippen LogP contribution in [0.1, 0.15) is 19.2 Å². The third-order valence-corrected chi connectivity index (χ3v) is 4.47. The van der Waals surface area contributed by atoms with Gasteiger partial charge in [0.15, 0.2) is 0 Å². The number of carbonyl (C=O) groups is 2. The maximum absolute atomic E-state index is 12.3. The maximum atomic E-state index is 12.3. The van der Waals surface area contributed by atoms with E-state index in [9.17, 15) is 9.59 Å². The second-order valence-electron chi connectivity index (χ2n) is 5.47. The monoisotopic (exact) mass is 349 g/mol. The van der Waals surface area contributed by atoms with Crippen LogP contribution >= 0.6 is 11.3 Å². The first-order chi connectivity index (χ1) is 11.7. The van der Waals surface area contributed by atoms with Crippen LogP contribution in [-0.2, 0) is 11.3 Å². The number of amides is 3. The number of thiophene rings is 1. The molecule has 1 aliphatic heterocycles. The zero-order valence-electron chi connectivity index (χ0n) is 13.4. The minimum Gasteiger partial charge on any atom is -0.419 e. The van der Waals surface area contributed by atoms with E-state index in [4.69, 9.17) is 4.42 Å². The van der Waals surface area contributed by atoms with E-state index >= 15 is 0 Å². The van der Waals surface area contributed by atoms with E-state index < -0.39 is 0 Å². The highest BCUT2D eigenvalue weighted by Gasteiger charge is 2.27. The molecule has 1 saturated heterocycles. The smallest absolute Gasteiger partial charge is 0.324 e. The van der Waals surface area contributed by atoms with E-state index in [1.54, 1.807) is 0 Å². The molecule has 128 valence electrons. The molecule has 3 amide bonds. The fourth-order valence-corrected chi connectivity index (χ4v) is 3.17. The quantitative estimate of drug-likeness (QED) is 0.816. The molecule has 0 radical (unpaired) electrons. The maximum Gasteiger partial charge on any atom is 0.324 e. The van der Waals surface area contributed by atoms with E-state index in [2.05, 4.69) is 15.5 Å². The summed E-state index contributed by atoms with van der Waals surface area (Å²) in [4.78, 5) is 27.9. The molecule has 2 aromatic rings. The van der Waals surface area contributed by atoms with Crippen LogP contribution in [0.3, 0.4) is 0 Å². The first-order valence-electron chi connectivity index (χ1n) is 7.84. The number of imide groups is 1. The summed E-state index contributed by atoms with van der Waals surface area (Å²) in [5.74, 6) is 0.740. The number of aromatic nitrogens is 2. The van der Waals surface area contributed by atoms with Crippen LogP contribution in [0.4, 0.5) is 4.79 Å². The normalized spacial score (nSPS) is 14.4. The molecule has 0 aliphatic carbocycles. The van der Waals surface area contributed by atoms with Gasteiger partial charge in [-0.05, 0) is 24.4 Å². The van der Waals surface area contributed by atoms with Crippen LogP contribution in [0, 0.1) is 0 Å². The largest absolute Gasteiger partial charge is 0.419 e. The SMILES string of the molecule is CCCN(CC(=O)N1CCNC1=O)Cc1nnc(-c2cccs2)o1. The lowest BCUT2D eigenvalue weighted by Gasteiger charge is -2.21. The lowest BCUT2D eigenvalue weighted by atomic mass is 10.3. The van der Waals surface area contributed by atoms with E-state index in [0.29, 0.717) is 38.0 Å². The second kappa shape index (κ2) is 7.54. The van der Waals surface area contributed by atoms with Gasteiger partial charge in [0.2, 0.25) is 11.8 Å². The Morgan fingerprint density at radius 3 is 3.04 bits per heavy atom. The van der Waals surface area contributed by atoms with Crippen LogP contribution in [0.25, 0.3) is 10.8 Å². The number of nitrogens with zero attached hydrogens (tertiary/aromatic N) is 4. The van der Waals surface area contributed by atoms with Crippen LogP contribution < -0.4 is 5.32 Å². The average molecular weight is 349 g/mol. The Morgan fingerprint density at radius 1 is 1.50 bits per heavy atom. The number of rotatable bonds is 7. The lowest BCUT2D eigenvalue weighted by Crippen LogP contribution is -2.42. The van der Waals surface area contributed by atoms with Gasteiger partial charge in [-0.2, -0.15) is 0 Å². The molecule has 8 nitrogen and oxygen atoms in total. The molecule has 3 heterocycles. The van der Waals surface area contributed by atoms with E-state index in [0.717, 1.165) is 11.3 Å². The zero-order chi connectivity index (χ0) is 16.9. The molecular weight excluding hydrogens is 330 g/mol.